The first-order valence-corrected chi connectivity index (χ1v) is 15.0. The molecule has 0 spiro atoms. The number of rotatable bonds is 21. The van der Waals surface area contributed by atoms with E-state index >= 15 is 0 Å². The van der Waals surface area contributed by atoms with Crippen molar-refractivity contribution in [1.82, 2.24) is 9.80 Å². The summed E-state index contributed by atoms with van der Waals surface area (Å²) in [5.41, 5.74) is 1.40. The van der Waals surface area contributed by atoms with Gasteiger partial charge in [0.2, 0.25) is 0 Å². The second kappa shape index (κ2) is 18.8. The van der Waals surface area contributed by atoms with E-state index in [1.54, 1.807) is 0 Å². The van der Waals surface area contributed by atoms with Gasteiger partial charge in [0.05, 0.1) is 0 Å². The topological polar surface area (TPSA) is 6.48 Å². The second-order valence-corrected chi connectivity index (χ2v) is 11.0. The maximum atomic E-state index is 2.58. The minimum atomic E-state index is 0.501. The molecule has 1 atom stereocenters. The molecule has 2 nitrogen and oxygen atoms in total. The zero-order chi connectivity index (χ0) is 24.3. The van der Waals surface area contributed by atoms with Crippen molar-refractivity contribution in [3.8, 4) is 0 Å². The predicted molar refractivity (Wildman–Crippen MR) is 151 cm³/mol. The average Bonchev–Trinajstić information content (AvgIpc) is 3.24. The SMILES string of the molecule is CCCCCCCCCCCCCCCCCCCN1C=CN(Cc2ccccc2)C1C(C)C. The molecule has 0 amide bonds. The first-order valence-electron chi connectivity index (χ1n) is 15.0. The molecule has 1 aliphatic heterocycles. The monoisotopic (exact) mass is 468 g/mol. The number of unbranched alkanes of at least 4 members (excludes halogenated alkanes) is 16. The van der Waals surface area contributed by atoms with E-state index in [1.807, 2.05) is 0 Å². The van der Waals surface area contributed by atoms with Crippen molar-refractivity contribution in [2.45, 2.75) is 143 Å². The molecule has 1 aromatic carbocycles. The molecular formula is C32H56N2. The van der Waals surface area contributed by atoms with Gasteiger partial charge in [-0.3, -0.25) is 0 Å². The van der Waals surface area contributed by atoms with Crippen LogP contribution in [0.15, 0.2) is 42.7 Å². The molecule has 0 N–H and O–H groups in total. The van der Waals surface area contributed by atoms with E-state index in [9.17, 15) is 0 Å². The van der Waals surface area contributed by atoms with E-state index in [0.29, 0.717) is 12.1 Å². The van der Waals surface area contributed by atoms with Crippen LogP contribution in [0.1, 0.15) is 135 Å². The number of nitrogens with zero attached hydrogens (tertiary/aromatic N) is 2. The Labute approximate surface area is 213 Å². The van der Waals surface area contributed by atoms with Crippen molar-refractivity contribution in [1.29, 1.82) is 0 Å². The van der Waals surface area contributed by atoms with Gasteiger partial charge < -0.3 is 9.80 Å². The molecule has 0 saturated heterocycles. The minimum Gasteiger partial charge on any atom is -0.356 e. The van der Waals surface area contributed by atoms with Gasteiger partial charge in [0.15, 0.2) is 0 Å². The predicted octanol–water partition coefficient (Wildman–Crippen LogP) is 9.91. The van der Waals surface area contributed by atoms with Crippen LogP contribution >= 0.6 is 0 Å². The number of hydrogen-bond acceptors (Lipinski definition) is 2. The number of hydrogen-bond donors (Lipinski definition) is 0. The maximum absolute atomic E-state index is 2.58. The van der Waals surface area contributed by atoms with Gasteiger partial charge >= 0.3 is 0 Å². The van der Waals surface area contributed by atoms with Crippen LogP contribution in [0.2, 0.25) is 0 Å². The summed E-state index contributed by atoms with van der Waals surface area (Å²) in [5, 5.41) is 0. The Balaban J connectivity index is 1.41. The standard InChI is InChI=1S/C32H56N2/c1-4-5-6-7-8-9-10-11-12-13-14-15-16-17-18-19-23-26-33-27-28-34(32(33)30(2)3)29-31-24-21-20-22-25-31/h20-22,24-25,27-28,30,32H,4-19,23,26,29H2,1-3H3. The highest BCUT2D eigenvalue weighted by Gasteiger charge is 2.28. The Morgan fingerprint density at radius 3 is 1.50 bits per heavy atom. The summed E-state index contributed by atoms with van der Waals surface area (Å²) in [6.45, 7) is 9.23. The van der Waals surface area contributed by atoms with Gasteiger partial charge in [-0.2, -0.15) is 0 Å². The fourth-order valence-corrected chi connectivity index (χ4v) is 5.47. The van der Waals surface area contributed by atoms with Crippen LogP contribution in [-0.4, -0.2) is 22.5 Å². The summed E-state index contributed by atoms with van der Waals surface area (Å²) in [7, 11) is 0. The molecular weight excluding hydrogens is 412 g/mol. The van der Waals surface area contributed by atoms with Crippen molar-refractivity contribution in [2.75, 3.05) is 6.54 Å². The van der Waals surface area contributed by atoms with Crippen molar-refractivity contribution in [3.63, 3.8) is 0 Å². The van der Waals surface area contributed by atoms with Crippen LogP contribution < -0.4 is 0 Å². The molecule has 0 radical (unpaired) electrons. The lowest BCUT2D eigenvalue weighted by Gasteiger charge is -2.36. The molecule has 0 bridgehead atoms. The molecule has 2 heteroatoms. The largest absolute Gasteiger partial charge is 0.356 e. The van der Waals surface area contributed by atoms with Crippen molar-refractivity contribution in [2.24, 2.45) is 5.92 Å². The summed E-state index contributed by atoms with van der Waals surface area (Å²) in [5.74, 6) is 0.629. The van der Waals surface area contributed by atoms with Crippen LogP contribution in [0.5, 0.6) is 0 Å². The van der Waals surface area contributed by atoms with Crippen molar-refractivity contribution < 1.29 is 0 Å². The van der Waals surface area contributed by atoms with Gasteiger partial charge in [-0.25, -0.2) is 0 Å². The van der Waals surface area contributed by atoms with Gasteiger partial charge in [-0.1, -0.05) is 154 Å². The second-order valence-electron chi connectivity index (χ2n) is 11.0. The third kappa shape index (κ3) is 12.3. The third-order valence-electron chi connectivity index (χ3n) is 7.45. The molecule has 34 heavy (non-hydrogen) atoms. The molecule has 1 aromatic rings. The Kier molecular flexibility index (Phi) is 16.0. The Morgan fingerprint density at radius 1 is 0.588 bits per heavy atom. The Hall–Kier alpha value is -1.44. The number of benzene rings is 1. The molecule has 194 valence electrons. The van der Waals surface area contributed by atoms with Crippen LogP contribution in [0, 0.1) is 5.92 Å². The summed E-state index contributed by atoms with van der Waals surface area (Å²) in [6, 6.07) is 10.9. The lowest BCUT2D eigenvalue weighted by atomic mass is 10.0. The van der Waals surface area contributed by atoms with Gasteiger partial charge in [-0.05, 0) is 17.9 Å². The molecule has 0 saturated carbocycles. The highest BCUT2D eigenvalue weighted by atomic mass is 15.4. The van der Waals surface area contributed by atoms with E-state index in [0.717, 1.165) is 6.54 Å². The molecule has 2 rings (SSSR count). The Bertz CT molecular complexity index is 609. The van der Waals surface area contributed by atoms with E-state index in [1.165, 1.54) is 121 Å². The first kappa shape index (κ1) is 28.8. The maximum Gasteiger partial charge on any atom is 0.103 e. The summed E-state index contributed by atoms with van der Waals surface area (Å²) < 4.78 is 0. The Morgan fingerprint density at radius 2 is 1.03 bits per heavy atom. The fourth-order valence-electron chi connectivity index (χ4n) is 5.47. The molecule has 0 aliphatic carbocycles. The zero-order valence-corrected chi connectivity index (χ0v) is 23.0. The van der Waals surface area contributed by atoms with Gasteiger partial charge in [0.1, 0.15) is 6.17 Å². The zero-order valence-electron chi connectivity index (χ0n) is 23.0. The normalized spacial score (nSPS) is 15.7. The highest BCUT2D eigenvalue weighted by molar-refractivity contribution is 5.16. The first-order chi connectivity index (χ1) is 16.7. The van der Waals surface area contributed by atoms with Crippen LogP contribution in [0.25, 0.3) is 0 Å². The van der Waals surface area contributed by atoms with E-state index < -0.39 is 0 Å². The van der Waals surface area contributed by atoms with Gasteiger partial charge in [0, 0.05) is 25.5 Å². The van der Waals surface area contributed by atoms with Crippen LogP contribution in [-0.2, 0) is 6.54 Å². The summed E-state index contributed by atoms with van der Waals surface area (Å²) in [4.78, 5) is 5.10. The van der Waals surface area contributed by atoms with Crippen LogP contribution in [0.4, 0.5) is 0 Å². The van der Waals surface area contributed by atoms with Gasteiger partial charge in [-0.15, -0.1) is 0 Å². The van der Waals surface area contributed by atoms with Crippen molar-refractivity contribution >= 4 is 0 Å². The summed E-state index contributed by atoms with van der Waals surface area (Å²) >= 11 is 0. The fraction of sp³-hybridized carbons (Fsp3) is 0.750. The van der Waals surface area contributed by atoms with Crippen LogP contribution in [0.3, 0.4) is 0 Å². The average molecular weight is 469 g/mol. The lowest BCUT2D eigenvalue weighted by Crippen LogP contribution is -2.42. The highest BCUT2D eigenvalue weighted by Crippen LogP contribution is 2.25. The smallest absolute Gasteiger partial charge is 0.103 e. The minimum absolute atomic E-state index is 0.501. The molecule has 0 fully saturated rings. The van der Waals surface area contributed by atoms with Crippen molar-refractivity contribution in [3.05, 3.63) is 48.3 Å². The molecule has 1 unspecified atom stereocenters. The molecule has 1 aliphatic rings. The third-order valence-corrected chi connectivity index (χ3v) is 7.45. The van der Waals surface area contributed by atoms with Gasteiger partial charge in [0.25, 0.3) is 0 Å². The molecule has 0 aromatic heterocycles. The molecule has 1 heterocycles. The lowest BCUT2D eigenvalue weighted by molar-refractivity contribution is 0.100. The van der Waals surface area contributed by atoms with E-state index in [2.05, 4.69) is 73.3 Å². The quantitative estimate of drug-likeness (QED) is 0.166. The van der Waals surface area contributed by atoms with E-state index in [-0.39, 0.29) is 0 Å². The van der Waals surface area contributed by atoms with E-state index in [4.69, 9.17) is 0 Å². The summed E-state index contributed by atoms with van der Waals surface area (Å²) in [6.07, 6.45) is 29.6.